The molecule has 94 valence electrons. The number of nitrogens with one attached hydrogen (secondary N) is 1. The molecule has 2 rings (SSSR count). The summed E-state index contributed by atoms with van der Waals surface area (Å²) in [4.78, 5) is 25.0. The highest BCUT2D eigenvalue weighted by Crippen LogP contribution is 2.10. The van der Waals surface area contributed by atoms with Gasteiger partial charge in [-0.05, 0) is 24.6 Å². The molecule has 1 aromatic carbocycles. The molecule has 0 radical (unpaired) electrons. The first-order valence-electron chi connectivity index (χ1n) is 5.98. The van der Waals surface area contributed by atoms with E-state index in [0.29, 0.717) is 18.7 Å². The molecule has 1 saturated heterocycles. The van der Waals surface area contributed by atoms with Crippen molar-refractivity contribution in [3.63, 3.8) is 0 Å². The van der Waals surface area contributed by atoms with E-state index in [4.69, 9.17) is 0 Å². The number of carbonyl (C=O) groups excluding carboxylic acids is 2. The molecule has 0 aromatic heterocycles. The van der Waals surface area contributed by atoms with Crippen LogP contribution in [-0.4, -0.2) is 35.8 Å². The fourth-order valence-electron chi connectivity index (χ4n) is 2.07. The summed E-state index contributed by atoms with van der Waals surface area (Å²) in [6, 6.07) is 9.11. The molecule has 2 amide bonds. The van der Waals surface area contributed by atoms with Crippen molar-refractivity contribution < 1.29 is 9.59 Å². The van der Waals surface area contributed by atoms with Crippen LogP contribution < -0.4 is 5.32 Å². The van der Waals surface area contributed by atoms with Crippen LogP contribution >= 0.6 is 0 Å². The highest BCUT2D eigenvalue weighted by molar-refractivity contribution is 5.94. The molecule has 0 spiro atoms. The van der Waals surface area contributed by atoms with Gasteiger partial charge in [-0.15, -0.1) is 0 Å². The third-order valence-corrected chi connectivity index (χ3v) is 3.05. The standard InChI is InChI=1S/C14H16N2O2/c1-2-13(17)16-9-8-12(10-16)15-14(18)11-6-4-3-5-7-11/h2-7,12H,1,8-10H2,(H,15,18)/t12-/m0/s1. The average Bonchev–Trinajstić information content (AvgIpc) is 2.87. The van der Waals surface area contributed by atoms with Crippen molar-refractivity contribution >= 4 is 11.8 Å². The van der Waals surface area contributed by atoms with Crippen LogP contribution in [0.25, 0.3) is 0 Å². The lowest BCUT2D eigenvalue weighted by Crippen LogP contribution is -2.38. The minimum absolute atomic E-state index is 0.0293. The molecule has 1 N–H and O–H groups in total. The first kappa shape index (κ1) is 12.4. The molecule has 1 aliphatic heterocycles. The number of carbonyl (C=O) groups is 2. The number of benzene rings is 1. The molecule has 1 aromatic rings. The van der Waals surface area contributed by atoms with Crippen LogP contribution in [0, 0.1) is 0 Å². The zero-order valence-electron chi connectivity index (χ0n) is 10.1. The minimum atomic E-state index is -0.0893. The van der Waals surface area contributed by atoms with Crippen molar-refractivity contribution in [3.8, 4) is 0 Å². The molecule has 1 heterocycles. The van der Waals surface area contributed by atoms with Crippen LogP contribution in [0.15, 0.2) is 43.0 Å². The number of hydrogen-bond acceptors (Lipinski definition) is 2. The van der Waals surface area contributed by atoms with Gasteiger partial charge < -0.3 is 10.2 Å². The molecule has 0 unspecified atom stereocenters. The third-order valence-electron chi connectivity index (χ3n) is 3.05. The highest BCUT2D eigenvalue weighted by Gasteiger charge is 2.26. The maximum atomic E-state index is 11.9. The Balaban J connectivity index is 1.90. The lowest BCUT2D eigenvalue weighted by Gasteiger charge is -2.15. The Hall–Kier alpha value is -2.10. The Bertz CT molecular complexity index is 456. The van der Waals surface area contributed by atoms with Gasteiger partial charge >= 0.3 is 0 Å². The van der Waals surface area contributed by atoms with Gasteiger partial charge in [0, 0.05) is 24.7 Å². The van der Waals surface area contributed by atoms with E-state index in [0.717, 1.165) is 6.42 Å². The summed E-state index contributed by atoms with van der Waals surface area (Å²) in [7, 11) is 0. The lowest BCUT2D eigenvalue weighted by atomic mass is 10.2. The smallest absolute Gasteiger partial charge is 0.251 e. The van der Waals surface area contributed by atoms with E-state index in [1.807, 2.05) is 18.2 Å². The molecule has 4 heteroatoms. The zero-order valence-corrected chi connectivity index (χ0v) is 10.1. The predicted molar refractivity (Wildman–Crippen MR) is 69.1 cm³/mol. The van der Waals surface area contributed by atoms with Crippen molar-refractivity contribution in [1.29, 1.82) is 0 Å². The van der Waals surface area contributed by atoms with Gasteiger partial charge in [-0.3, -0.25) is 9.59 Å². The van der Waals surface area contributed by atoms with Crippen molar-refractivity contribution in [2.24, 2.45) is 0 Å². The molecule has 1 aliphatic rings. The van der Waals surface area contributed by atoms with E-state index >= 15 is 0 Å². The number of nitrogens with zero attached hydrogens (tertiary/aromatic N) is 1. The lowest BCUT2D eigenvalue weighted by molar-refractivity contribution is -0.125. The Kier molecular flexibility index (Phi) is 3.77. The number of amides is 2. The Morgan fingerprint density at radius 1 is 1.33 bits per heavy atom. The quantitative estimate of drug-likeness (QED) is 0.812. The van der Waals surface area contributed by atoms with Gasteiger partial charge in [-0.2, -0.15) is 0 Å². The molecule has 0 bridgehead atoms. The van der Waals surface area contributed by atoms with Crippen molar-refractivity contribution in [3.05, 3.63) is 48.6 Å². The summed E-state index contributed by atoms with van der Waals surface area (Å²) in [6.07, 6.45) is 2.10. The van der Waals surface area contributed by atoms with Gasteiger partial charge in [0.25, 0.3) is 5.91 Å². The van der Waals surface area contributed by atoms with E-state index in [9.17, 15) is 9.59 Å². The van der Waals surface area contributed by atoms with Crippen LogP contribution in [0.3, 0.4) is 0 Å². The fourth-order valence-corrected chi connectivity index (χ4v) is 2.07. The van der Waals surface area contributed by atoms with Gasteiger partial charge in [0.05, 0.1) is 0 Å². The van der Waals surface area contributed by atoms with Gasteiger partial charge in [0.1, 0.15) is 0 Å². The Morgan fingerprint density at radius 2 is 2.06 bits per heavy atom. The first-order chi connectivity index (χ1) is 8.70. The normalized spacial score (nSPS) is 18.4. The Labute approximate surface area is 106 Å². The van der Waals surface area contributed by atoms with Gasteiger partial charge in [0.2, 0.25) is 5.91 Å². The van der Waals surface area contributed by atoms with Crippen LogP contribution in [0.4, 0.5) is 0 Å². The molecule has 18 heavy (non-hydrogen) atoms. The van der Waals surface area contributed by atoms with Crippen LogP contribution in [0.1, 0.15) is 16.8 Å². The third kappa shape index (κ3) is 2.77. The molecule has 4 nitrogen and oxygen atoms in total. The zero-order chi connectivity index (χ0) is 13.0. The van der Waals surface area contributed by atoms with Crippen molar-refractivity contribution in [1.82, 2.24) is 10.2 Å². The van der Waals surface area contributed by atoms with Crippen molar-refractivity contribution in [2.75, 3.05) is 13.1 Å². The monoisotopic (exact) mass is 244 g/mol. The summed E-state index contributed by atoms with van der Waals surface area (Å²) in [6.45, 7) is 4.69. The summed E-state index contributed by atoms with van der Waals surface area (Å²) in [5.74, 6) is -0.167. The maximum absolute atomic E-state index is 11.9. The van der Waals surface area contributed by atoms with Crippen LogP contribution in [0.5, 0.6) is 0 Å². The van der Waals surface area contributed by atoms with E-state index in [1.165, 1.54) is 6.08 Å². The SMILES string of the molecule is C=CC(=O)N1CC[C@H](NC(=O)c2ccccc2)C1. The first-order valence-corrected chi connectivity index (χ1v) is 5.98. The van der Waals surface area contributed by atoms with E-state index in [2.05, 4.69) is 11.9 Å². The summed E-state index contributed by atoms with van der Waals surface area (Å²) >= 11 is 0. The summed E-state index contributed by atoms with van der Waals surface area (Å²) in [5, 5.41) is 2.94. The molecule has 0 aliphatic carbocycles. The van der Waals surface area contributed by atoms with Gasteiger partial charge in [-0.1, -0.05) is 24.8 Å². The average molecular weight is 244 g/mol. The Morgan fingerprint density at radius 3 is 2.72 bits per heavy atom. The van der Waals surface area contributed by atoms with Gasteiger partial charge in [-0.25, -0.2) is 0 Å². The van der Waals surface area contributed by atoms with Crippen LogP contribution in [-0.2, 0) is 4.79 Å². The largest absolute Gasteiger partial charge is 0.347 e. The number of rotatable bonds is 3. The molecule has 0 saturated carbocycles. The fraction of sp³-hybridized carbons (Fsp3) is 0.286. The van der Waals surface area contributed by atoms with Crippen LogP contribution in [0.2, 0.25) is 0 Å². The summed E-state index contributed by atoms with van der Waals surface area (Å²) < 4.78 is 0. The minimum Gasteiger partial charge on any atom is -0.347 e. The number of likely N-dealkylation sites (tertiary alicyclic amines) is 1. The second-order valence-electron chi connectivity index (χ2n) is 4.31. The second-order valence-corrected chi connectivity index (χ2v) is 4.31. The summed E-state index contributed by atoms with van der Waals surface area (Å²) in [5.41, 5.74) is 0.644. The maximum Gasteiger partial charge on any atom is 0.251 e. The second kappa shape index (κ2) is 5.49. The highest BCUT2D eigenvalue weighted by atomic mass is 16.2. The van der Waals surface area contributed by atoms with E-state index < -0.39 is 0 Å². The number of hydrogen-bond donors (Lipinski definition) is 1. The molecular formula is C14H16N2O2. The molecule has 1 fully saturated rings. The molecular weight excluding hydrogens is 228 g/mol. The van der Waals surface area contributed by atoms with Crippen molar-refractivity contribution in [2.45, 2.75) is 12.5 Å². The molecule has 1 atom stereocenters. The predicted octanol–water partition coefficient (Wildman–Crippen LogP) is 1.20. The topological polar surface area (TPSA) is 49.4 Å². The van der Waals surface area contributed by atoms with Gasteiger partial charge in [0.15, 0.2) is 0 Å². The van der Waals surface area contributed by atoms with E-state index in [-0.39, 0.29) is 17.9 Å². The van der Waals surface area contributed by atoms with E-state index in [1.54, 1.807) is 17.0 Å².